The van der Waals surface area contributed by atoms with Crippen LogP contribution in [-0.4, -0.2) is 83.9 Å². The Balaban J connectivity index is 1.62. The van der Waals surface area contributed by atoms with Crippen molar-refractivity contribution in [2.75, 3.05) is 42.6 Å². The number of hydrogen-bond acceptors (Lipinski definition) is 7. The summed E-state index contributed by atoms with van der Waals surface area (Å²) in [4.78, 5) is 48.0. The number of aliphatic hydroxyl groups is 1. The molecule has 1 aromatic carbocycles. The van der Waals surface area contributed by atoms with Gasteiger partial charge < -0.3 is 29.3 Å². The van der Waals surface area contributed by atoms with Crippen LogP contribution in [0.3, 0.4) is 0 Å². The number of hydrogen-bond donors (Lipinski definition) is 1. The summed E-state index contributed by atoms with van der Waals surface area (Å²) in [5, 5.41) is 10.5. The Morgan fingerprint density at radius 2 is 1.73 bits per heavy atom. The van der Waals surface area contributed by atoms with E-state index in [1.165, 1.54) is 4.90 Å². The van der Waals surface area contributed by atoms with E-state index in [0.717, 1.165) is 18.8 Å². The number of fused-ring (bicyclic) bond motifs is 2. The van der Waals surface area contributed by atoms with E-state index in [-0.39, 0.29) is 37.5 Å². The first kappa shape index (κ1) is 29.3. The molecule has 1 unspecified atom stereocenters. The van der Waals surface area contributed by atoms with Crippen molar-refractivity contribution in [3.8, 4) is 0 Å². The fraction of sp³-hybridized carbons (Fsp3) is 0.594. The van der Waals surface area contributed by atoms with Crippen LogP contribution in [0, 0.1) is 17.8 Å². The van der Waals surface area contributed by atoms with E-state index >= 15 is 0 Å². The molecule has 9 heteroatoms. The van der Waals surface area contributed by atoms with Gasteiger partial charge in [0.05, 0.1) is 30.8 Å². The highest BCUT2D eigenvalue weighted by Gasteiger charge is 2.75. The van der Waals surface area contributed by atoms with Crippen LogP contribution in [0.4, 0.5) is 11.4 Å². The lowest BCUT2D eigenvalue weighted by molar-refractivity contribution is -0.160. The Hall–Kier alpha value is -3.17. The minimum atomic E-state index is -1.39. The molecule has 4 heterocycles. The van der Waals surface area contributed by atoms with Crippen LogP contribution in [0.2, 0.25) is 0 Å². The molecule has 2 fully saturated rings. The van der Waals surface area contributed by atoms with Crippen LogP contribution in [-0.2, 0) is 23.9 Å². The standard InChI is InChI=1S/C32H43N3O6/c1-6-33(7-2)22-11-13-23(14-12-22)34-17-10-16-32-25(26-30(39)40-18-9-8-15-31(26,5)41-32)28(37)35(27(32)29(34)38)24(20-36)19-21(3)4/h8,10-16,21,24-27,36H,6-7,9,17-20H2,1-5H3/t24-,25+,26-,27?,31+,32+/m1/s1. The van der Waals surface area contributed by atoms with E-state index in [1.807, 2.05) is 62.4 Å². The Labute approximate surface area is 242 Å². The normalized spacial score (nSPS) is 31.8. The van der Waals surface area contributed by atoms with Crippen molar-refractivity contribution in [3.05, 3.63) is 48.6 Å². The zero-order valence-corrected chi connectivity index (χ0v) is 24.8. The largest absolute Gasteiger partial charge is 0.465 e. The summed E-state index contributed by atoms with van der Waals surface area (Å²) in [5.74, 6) is -2.86. The molecule has 0 saturated carbocycles. The van der Waals surface area contributed by atoms with Gasteiger partial charge in [-0.15, -0.1) is 0 Å². The molecule has 0 radical (unpaired) electrons. The number of nitrogens with zero attached hydrogens (tertiary/aromatic N) is 3. The quantitative estimate of drug-likeness (QED) is 0.381. The van der Waals surface area contributed by atoms with Gasteiger partial charge in [-0.2, -0.15) is 0 Å². The van der Waals surface area contributed by atoms with Crippen molar-refractivity contribution in [2.24, 2.45) is 17.8 Å². The summed E-state index contributed by atoms with van der Waals surface area (Å²) in [6.45, 7) is 12.0. The Bertz CT molecular complexity index is 1220. The van der Waals surface area contributed by atoms with Crippen LogP contribution < -0.4 is 9.80 Å². The highest BCUT2D eigenvalue weighted by molar-refractivity contribution is 6.05. The van der Waals surface area contributed by atoms with Crippen molar-refractivity contribution >= 4 is 29.2 Å². The van der Waals surface area contributed by atoms with E-state index < -0.39 is 41.1 Å². The van der Waals surface area contributed by atoms with E-state index in [9.17, 15) is 19.5 Å². The van der Waals surface area contributed by atoms with Gasteiger partial charge in [0.1, 0.15) is 17.6 Å². The van der Waals surface area contributed by atoms with E-state index in [4.69, 9.17) is 9.47 Å². The SMILES string of the molecule is CCN(CC)c1ccc(N2CC=C[C@]34O[C@@]5(C)C=CCCOC(=O)[C@H]5[C@H]3C(=O)N([C@@H](CO)CC(C)C)C4C2=O)cc1. The molecular formula is C32H43N3O6. The van der Waals surface area contributed by atoms with Crippen LogP contribution in [0.25, 0.3) is 0 Å². The summed E-state index contributed by atoms with van der Waals surface area (Å²) < 4.78 is 12.4. The second kappa shape index (κ2) is 11.2. The lowest BCUT2D eigenvalue weighted by Crippen LogP contribution is -2.59. The molecule has 0 aromatic heterocycles. The van der Waals surface area contributed by atoms with Gasteiger partial charge in [0.25, 0.3) is 5.91 Å². The maximum Gasteiger partial charge on any atom is 0.313 e. The average molecular weight is 566 g/mol. The van der Waals surface area contributed by atoms with Gasteiger partial charge in [0.15, 0.2) is 0 Å². The molecule has 0 aliphatic carbocycles. The lowest BCUT2D eigenvalue weighted by atomic mass is 9.74. The number of carbonyl (C=O) groups is 3. The van der Waals surface area contributed by atoms with Gasteiger partial charge in [-0.25, -0.2) is 0 Å². The second-order valence-corrected chi connectivity index (χ2v) is 12.1. The Kier molecular flexibility index (Phi) is 8.05. The third kappa shape index (κ3) is 4.77. The van der Waals surface area contributed by atoms with Gasteiger partial charge in [0, 0.05) is 31.0 Å². The zero-order chi connectivity index (χ0) is 29.5. The molecule has 4 aliphatic rings. The molecule has 6 atom stereocenters. The van der Waals surface area contributed by atoms with Crippen LogP contribution in [0.15, 0.2) is 48.6 Å². The van der Waals surface area contributed by atoms with Crippen LogP contribution >= 0.6 is 0 Å². The van der Waals surface area contributed by atoms with Crippen molar-refractivity contribution in [2.45, 2.75) is 70.7 Å². The molecule has 41 heavy (non-hydrogen) atoms. The summed E-state index contributed by atoms with van der Waals surface area (Å²) in [5.41, 5.74) is -0.735. The van der Waals surface area contributed by atoms with E-state index in [0.29, 0.717) is 18.5 Å². The van der Waals surface area contributed by atoms with Crippen molar-refractivity contribution in [1.82, 2.24) is 4.90 Å². The Morgan fingerprint density at radius 1 is 1.02 bits per heavy atom. The molecule has 2 saturated heterocycles. The van der Waals surface area contributed by atoms with Gasteiger partial charge in [0.2, 0.25) is 5.91 Å². The summed E-state index contributed by atoms with van der Waals surface area (Å²) >= 11 is 0. The predicted octanol–water partition coefficient (Wildman–Crippen LogP) is 3.32. The average Bonchev–Trinajstić information content (AvgIpc) is 3.27. The van der Waals surface area contributed by atoms with E-state index in [2.05, 4.69) is 18.7 Å². The van der Waals surface area contributed by atoms with E-state index in [1.54, 1.807) is 11.8 Å². The first-order valence-electron chi connectivity index (χ1n) is 14.9. The van der Waals surface area contributed by atoms with Gasteiger partial charge in [-0.3, -0.25) is 14.4 Å². The number of ether oxygens (including phenoxy) is 2. The molecule has 5 rings (SSSR count). The lowest BCUT2D eigenvalue weighted by Gasteiger charge is -2.40. The third-order valence-corrected chi connectivity index (χ3v) is 9.10. The van der Waals surface area contributed by atoms with Gasteiger partial charge in [-0.05, 0) is 63.8 Å². The monoisotopic (exact) mass is 565 g/mol. The number of rotatable bonds is 8. The van der Waals surface area contributed by atoms with Crippen LogP contribution in [0.1, 0.15) is 47.5 Å². The highest BCUT2D eigenvalue weighted by atomic mass is 16.6. The smallest absolute Gasteiger partial charge is 0.313 e. The molecule has 1 N–H and O–H groups in total. The summed E-state index contributed by atoms with van der Waals surface area (Å²) in [7, 11) is 0. The number of likely N-dealkylation sites (tertiary alicyclic amines) is 1. The number of aliphatic hydroxyl groups excluding tert-OH is 1. The molecule has 222 valence electrons. The topological polar surface area (TPSA) is 99.6 Å². The Morgan fingerprint density at radius 3 is 2.37 bits per heavy atom. The number of amides is 2. The maximum absolute atomic E-state index is 14.7. The minimum absolute atomic E-state index is 0.164. The van der Waals surface area contributed by atoms with Crippen molar-refractivity contribution in [3.63, 3.8) is 0 Å². The zero-order valence-electron chi connectivity index (χ0n) is 24.8. The van der Waals surface area contributed by atoms with Gasteiger partial charge in [-0.1, -0.05) is 38.2 Å². The van der Waals surface area contributed by atoms with Gasteiger partial charge >= 0.3 is 5.97 Å². The number of cyclic esters (lactones) is 1. The maximum atomic E-state index is 14.7. The summed E-state index contributed by atoms with van der Waals surface area (Å²) in [6, 6.07) is 6.21. The first-order valence-corrected chi connectivity index (χ1v) is 14.9. The number of carbonyl (C=O) groups excluding carboxylic acids is 3. The second-order valence-electron chi connectivity index (χ2n) is 12.1. The molecule has 0 bridgehead atoms. The van der Waals surface area contributed by atoms with Crippen LogP contribution in [0.5, 0.6) is 0 Å². The molecule has 2 amide bonds. The predicted molar refractivity (Wildman–Crippen MR) is 156 cm³/mol. The fourth-order valence-electron chi connectivity index (χ4n) is 7.30. The molecule has 1 aromatic rings. The minimum Gasteiger partial charge on any atom is -0.465 e. The number of anilines is 2. The molecule has 4 aliphatic heterocycles. The molecule has 1 spiro atoms. The number of benzene rings is 1. The van der Waals surface area contributed by atoms with Crippen molar-refractivity contribution < 1.29 is 29.0 Å². The molecule has 9 nitrogen and oxygen atoms in total. The van der Waals surface area contributed by atoms with Crippen molar-refractivity contribution in [1.29, 1.82) is 0 Å². The highest BCUT2D eigenvalue weighted by Crippen LogP contribution is 2.57. The summed E-state index contributed by atoms with van der Waals surface area (Å²) in [6.07, 6.45) is 8.51. The number of esters is 1. The molecular weight excluding hydrogens is 522 g/mol. The first-order chi connectivity index (χ1) is 19.6. The fourth-order valence-corrected chi connectivity index (χ4v) is 7.30. The third-order valence-electron chi connectivity index (χ3n) is 9.10.